The molecule has 0 radical (unpaired) electrons. The van der Waals surface area contributed by atoms with E-state index in [1.54, 1.807) is 36.7 Å². The molecule has 3 N–H and O–H groups in total. The van der Waals surface area contributed by atoms with Gasteiger partial charge in [0, 0.05) is 35.0 Å². The van der Waals surface area contributed by atoms with Crippen molar-refractivity contribution in [2.75, 3.05) is 12.8 Å². The summed E-state index contributed by atoms with van der Waals surface area (Å²) in [6.07, 6.45) is 9.09. The number of anilines is 1. The molecule has 0 unspecified atom stereocenters. The first-order chi connectivity index (χ1) is 19.3. The molecule has 0 aliphatic carbocycles. The summed E-state index contributed by atoms with van der Waals surface area (Å²) in [4.78, 5) is 40.7. The van der Waals surface area contributed by atoms with E-state index in [9.17, 15) is 9.59 Å². The van der Waals surface area contributed by atoms with Gasteiger partial charge in [0.05, 0.1) is 30.1 Å². The van der Waals surface area contributed by atoms with E-state index in [2.05, 4.69) is 25.3 Å². The number of amides is 1. The highest BCUT2D eigenvalue weighted by Crippen LogP contribution is 2.30. The van der Waals surface area contributed by atoms with Crippen molar-refractivity contribution in [3.8, 4) is 16.9 Å². The van der Waals surface area contributed by atoms with Gasteiger partial charge in [-0.05, 0) is 57.9 Å². The fourth-order valence-electron chi connectivity index (χ4n) is 4.71. The van der Waals surface area contributed by atoms with Crippen molar-refractivity contribution in [3.63, 3.8) is 0 Å². The number of nitrogens with zero attached hydrogens (tertiary/aromatic N) is 7. The second-order valence-corrected chi connectivity index (χ2v) is 9.37. The Morgan fingerprint density at radius 2 is 2.05 bits per heavy atom. The zero-order valence-electron chi connectivity index (χ0n) is 22.6. The van der Waals surface area contributed by atoms with Crippen LogP contribution in [0, 0.1) is 0 Å². The molecule has 0 spiro atoms. The molecule has 204 valence electrons. The number of allylic oxidation sites excluding steroid dienone is 1. The summed E-state index contributed by atoms with van der Waals surface area (Å²) >= 11 is 0. The Kier molecular flexibility index (Phi) is 7.23. The molecule has 0 saturated carbocycles. The fraction of sp³-hybridized carbons (Fsp3) is 0.250. The van der Waals surface area contributed by atoms with Crippen LogP contribution in [0.2, 0.25) is 0 Å². The summed E-state index contributed by atoms with van der Waals surface area (Å²) < 4.78 is 6.84. The number of rotatable bonds is 9. The molecule has 4 aromatic heterocycles. The van der Waals surface area contributed by atoms with E-state index in [0.29, 0.717) is 29.7 Å². The number of hydrogen-bond donors (Lipinski definition) is 2. The predicted molar refractivity (Wildman–Crippen MR) is 150 cm³/mol. The summed E-state index contributed by atoms with van der Waals surface area (Å²) in [7, 11) is 1.62. The standard InChI is InChI=1S/C28H29N9O3/c1-5-10-36(28(39)26-31-15-32-35-26)16(2)6-8-23-24(17(3)38)25(29)37-27(34-23)21(14-33-37)19-11-18-12-20(40-4)7-9-22(18)30-13-19/h5,7,9-16H,6,8,29H2,1-4H3,(H,31,32,35)/b10-5-/t16-/m1/s1. The van der Waals surface area contributed by atoms with Crippen LogP contribution in [0.3, 0.4) is 0 Å². The van der Waals surface area contributed by atoms with Crippen LogP contribution >= 0.6 is 0 Å². The third-order valence-corrected chi connectivity index (χ3v) is 6.74. The number of aryl methyl sites for hydroxylation is 1. The van der Waals surface area contributed by atoms with Crippen molar-refractivity contribution >= 4 is 34.1 Å². The van der Waals surface area contributed by atoms with Gasteiger partial charge in [0.15, 0.2) is 11.4 Å². The van der Waals surface area contributed by atoms with Crippen molar-refractivity contribution in [2.24, 2.45) is 0 Å². The maximum atomic E-state index is 13.0. The Balaban J connectivity index is 1.51. The van der Waals surface area contributed by atoms with Gasteiger partial charge >= 0.3 is 0 Å². The normalized spacial score (nSPS) is 12.3. The van der Waals surface area contributed by atoms with Crippen LogP contribution in [0.4, 0.5) is 5.82 Å². The van der Waals surface area contributed by atoms with Gasteiger partial charge in [0.1, 0.15) is 17.9 Å². The number of carbonyl (C=O) groups excluding carboxylic acids is 2. The van der Waals surface area contributed by atoms with Crippen molar-refractivity contribution in [2.45, 2.75) is 39.7 Å². The number of fused-ring (bicyclic) bond motifs is 2. The number of hydrogen-bond acceptors (Lipinski definition) is 9. The summed E-state index contributed by atoms with van der Waals surface area (Å²) in [5.74, 6) is 0.559. The maximum absolute atomic E-state index is 13.0. The largest absolute Gasteiger partial charge is 0.497 e. The first-order valence-corrected chi connectivity index (χ1v) is 12.7. The van der Waals surface area contributed by atoms with Gasteiger partial charge in [-0.25, -0.2) is 9.97 Å². The highest BCUT2D eigenvalue weighted by atomic mass is 16.5. The lowest BCUT2D eigenvalue weighted by Crippen LogP contribution is -2.35. The predicted octanol–water partition coefficient (Wildman–Crippen LogP) is 3.85. The molecule has 0 aliphatic heterocycles. The molecular weight excluding hydrogens is 510 g/mol. The molecule has 5 rings (SSSR count). The second-order valence-electron chi connectivity index (χ2n) is 9.37. The van der Waals surface area contributed by atoms with Gasteiger partial charge in [0.25, 0.3) is 5.91 Å². The topological polar surface area (TPSA) is 157 Å². The van der Waals surface area contributed by atoms with Crippen LogP contribution in [-0.4, -0.2) is 64.5 Å². The highest BCUT2D eigenvalue weighted by Gasteiger charge is 2.24. The Labute approximate surface area is 229 Å². The van der Waals surface area contributed by atoms with Crippen LogP contribution in [0.15, 0.2) is 55.3 Å². The lowest BCUT2D eigenvalue weighted by atomic mass is 10.0. The smallest absolute Gasteiger partial charge is 0.295 e. The number of pyridine rings is 1. The minimum Gasteiger partial charge on any atom is -0.497 e. The first kappa shape index (κ1) is 26.5. The van der Waals surface area contributed by atoms with Crippen LogP contribution in [0.5, 0.6) is 5.75 Å². The Bertz CT molecular complexity index is 1740. The van der Waals surface area contributed by atoms with Gasteiger partial charge in [-0.1, -0.05) is 6.08 Å². The number of ketones is 1. The molecule has 12 heteroatoms. The van der Waals surface area contributed by atoms with Gasteiger partial charge < -0.3 is 15.4 Å². The summed E-state index contributed by atoms with van der Waals surface area (Å²) in [5.41, 5.74) is 10.2. The van der Waals surface area contributed by atoms with Crippen LogP contribution in [0.1, 0.15) is 53.9 Å². The molecule has 12 nitrogen and oxygen atoms in total. The highest BCUT2D eigenvalue weighted by molar-refractivity contribution is 6.00. The number of nitrogens with one attached hydrogen (secondary N) is 1. The number of ether oxygens (including phenoxy) is 1. The quantitative estimate of drug-likeness (QED) is 0.265. The number of nitrogens with two attached hydrogens (primary N) is 1. The molecule has 1 aromatic carbocycles. The lowest BCUT2D eigenvalue weighted by molar-refractivity contribution is 0.0760. The van der Waals surface area contributed by atoms with Crippen molar-refractivity contribution in [1.82, 2.24) is 39.7 Å². The van der Waals surface area contributed by atoms with Crippen molar-refractivity contribution in [3.05, 3.63) is 72.3 Å². The van der Waals surface area contributed by atoms with E-state index in [-0.39, 0.29) is 29.4 Å². The summed E-state index contributed by atoms with van der Waals surface area (Å²) in [5, 5.41) is 11.7. The monoisotopic (exact) mass is 539 g/mol. The fourth-order valence-corrected chi connectivity index (χ4v) is 4.71. The first-order valence-electron chi connectivity index (χ1n) is 12.7. The Morgan fingerprint density at radius 3 is 2.75 bits per heavy atom. The van der Waals surface area contributed by atoms with E-state index in [1.165, 1.54) is 17.8 Å². The zero-order valence-corrected chi connectivity index (χ0v) is 22.6. The molecule has 5 aromatic rings. The number of nitrogen functional groups attached to an aromatic ring is 1. The number of methoxy groups -OCH3 is 1. The van der Waals surface area contributed by atoms with E-state index in [4.69, 9.17) is 15.5 Å². The van der Waals surface area contributed by atoms with E-state index in [1.807, 2.05) is 38.1 Å². The van der Waals surface area contributed by atoms with Crippen molar-refractivity contribution < 1.29 is 14.3 Å². The average Bonchev–Trinajstić information content (AvgIpc) is 3.64. The number of benzene rings is 1. The number of aromatic amines is 1. The molecule has 0 saturated heterocycles. The average molecular weight is 540 g/mol. The van der Waals surface area contributed by atoms with E-state index >= 15 is 0 Å². The van der Waals surface area contributed by atoms with Crippen LogP contribution < -0.4 is 10.5 Å². The van der Waals surface area contributed by atoms with Gasteiger partial charge in [-0.2, -0.15) is 14.7 Å². The summed E-state index contributed by atoms with van der Waals surface area (Å²) in [6, 6.07) is 7.42. The minimum absolute atomic E-state index is 0.142. The molecule has 0 aliphatic rings. The molecule has 0 fully saturated rings. The number of H-pyrrole nitrogens is 1. The maximum Gasteiger partial charge on any atom is 0.295 e. The van der Waals surface area contributed by atoms with E-state index in [0.717, 1.165) is 27.8 Å². The van der Waals surface area contributed by atoms with Crippen molar-refractivity contribution in [1.29, 1.82) is 0 Å². The second kappa shape index (κ2) is 10.9. The number of Topliss-reactive ketones (excluding diaryl/α,β-unsaturated/α-hetero) is 1. The molecule has 0 bridgehead atoms. The number of carbonyl (C=O) groups is 2. The number of aromatic nitrogens is 7. The molecule has 4 heterocycles. The molecule has 1 atom stereocenters. The SMILES string of the molecule is C/C=C\N(C(=O)c1ncn[nH]1)[C@H](C)CCc1nc2c(-c3cnc4ccc(OC)cc4c3)cnn2c(N)c1C(C)=O. The van der Waals surface area contributed by atoms with Crippen LogP contribution in [-0.2, 0) is 6.42 Å². The third kappa shape index (κ3) is 4.86. The minimum atomic E-state index is -0.309. The van der Waals surface area contributed by atoms with Gasteiger partial charge in [0.2, 0.25) is 5.82 Å². The Morgan fingerprint density at radius 1 is 1.23 bits per heavy atom. The van der Waals surface area contributed by atoms with Gasteiger partial charge in [-0.15, -0.1) is 0 Å². The lowest BCUT2D eigenvalue weighted by Gasteiger charge is -2.25. The molecular formula is C28H29N9O3. The Hall–Kier alpha value is -5.13. The third-order valence-electron chi connectivity index (χ3n) is 6.74. The summed E-state index contributed by atoms with van der Waals surface area (Å²) in [6.45, 7) is 5.20. The van der Waals surface area contributed by atoms with Crippen LogP contribution in [0.25, 0.3) is 27.7 Å². The zero-order chi connectivity index (χ0) is 28.4. The molecule has 1 amide bonds. The van der Waals surface area contributed by atoms with E-state index < -0.39 is 0 Å². The molecule has 40 heavy (non-hydrogen) atoms. The van der Waals surface area contributed by atoms with Gasteiger partial charge in [-0.3, -0.25) is 19.7 Å².